The van der Waals surface area contributed by atoms with Crippen molar-refractivity contribution >= 4 is 43.2 Å². The van der Waals surface area contributed by atoms with Gasteiger partial charge in [-0.25, -0.2) is 13.2 Å². The molecule has 0 bridgehead atoms. The first-order chi connectivity index (χ1) is 12.0. The van der Waals surface area contributed by atoms with E-state index in [9.17, 15) is 13.2 Å². The standard InChI is InChI=1S/C19H11ClO4S/c20-15-9-10-17(14-7-3-2-6-13(14)15)25(22,23)18-11-12-5-1-4-8-16(12)24-19(18)21/h1-11H. The van der Waals surface area contributed by atoms with E-state index in [0.29, 0.717) is 26.8 Å². The molecule has 3 aromatic carbocycles. The minimum atomic E-state index is -4.07. The van der Waals surface area contributed by atoms with Crippen LogP contribution in [0.3, 0.4) is 0 Å². The summed E-state index contributed by atoms with van der Waals surface area (Å²) < 4.78 is 31.4. The fourth-order valence-electron chi connectivity index (χ4n) is 2.82. The van der Waals surface area contributed by atoms with Gasteiger partial charge in [-0.1, -0.05) is 54.1 Å². The first kappa shape index (κ1) is 15.9. The van der Waals surface area contributed by atoms with Crippen molar-refractivity contribution in [2.45, 2.75) is 9.79 Å². The first-order valence-electron chi connectivity index (χ1n) is 7.44. The normalized spacial score (nSPS) is 11.9. The Balaban J connectivity index is 2.05. The molecule has 0 saturated carbocycles. The molecule has 0 unspecified atom stereocenters. The zero-order valence-electron chi connectivity index (χ0n) is 12.8. The van der Waals surface area contributed by atoms with Crippen molar-refractivity contribution in [1.82, 2.24) is 0 Å². The lowest BCUT2D eigenvalue weighted by Gasteiger charge is -2.09. The second-order valence-electron chi connectivity index (χ2n) is 5.53. The van der Waals surface area contributed by atoms with Gasteiger partial charge >= 0.3 is 5.63 Å². The maximum Gasteiger partial charge on any atom is 0.355 e. The van der Waals surface area contributed by atoms with Crippen molar-refractivity contribution < 1.29 is 12.8 Å². The molecule has 124 valence electrons. The molecule has 1 heterocycles. The third-order valence-electron chi connectivity index (χ3n) is 4.02. The quantitative estimate of drug-likeness (QED) is 0.489. The molecule has 4 aromatic rings. The molecule has 0 N–H and O–H groups in total. The van der Waals surface area contributed by atoms with Gasteiger partial charge in [0.2, 0.25) is 9.84 Å². The van der Waals surface area contributed by atoms with Crippen LogP contribution in [-0.2, 0) is 9.84 Å². The lowest BCUT2D eigenvalue weighted by molar-refractivity contribution is 0.533. The fourth-order valence-corrected chi connectivity index (χ4v) is 4.54. The van der Waals surface area contributed by atoms with Crippen molar-refractivity contribution in [2.24, 2.45) is 0 Å². The largest absolute Gasteiger partial charge is 0.422 e. The maximum atomic E-state index is 13.1. The maximum absolute atomic E-state index is 13.1. The summed E-state index contributed by atoms with van der Waals surface area (Å²) in [6.45, 7) is 0. The third-order valence-corrected chi connectivity index (χ3v) is 6.15. The van der Waals surface area contributed by atoms with E-state index in [1.807, 2.05) is 0 Å². The van der Waals surface area contributed by atoms with E-state index < -0.39 is 20.4 Å². The number of hydrogen-bond donors (Lipinski definition) is 0. The first-order valence-corrected chi connectivity index (χ1v) is 9.30. The highest BCUT2D eigenvalue weighted by atomic mass is 35.5. The summed E-state index contributed by atoms with van der Waals surface area (Å²) in [6.07, 6.45) is 0. The molecule has 4 nitrogen and oxygen atoms in total. The van der Waals surface area contributed by atoms with Gasteiger partial charge in [0.1, 0.15) is 5.58 Å². The van der Waals surface area contributed by atoms with Crippen molar-refractivity contribution in [3.05, 3.63) is 82.2 Å². The van der Waals surface area contributed by atoms with Crippen LogP contribution in [0, 0.1) is 0 Å². The summed E-state index contributed by atoms with van der Waals surface area (Å²) in [4.78, 5) is 11.9. The summed E-state index contributed by atoms with van der Waals surface area (Å²) >= 11 is 6.16. The number of para-hydroxylation sites is 1. The molecule has 0 aliphatic heterocycles. The molecular formula is C19H11ClO4S. The van der Waals surface area contributed by atoms with Gasteiger partial charge < -0.3 is 4.42 Å². The van der Waals surface area contributed by atoms with Crippen LogP contribution in [0.25, 0.3) is 21.7 Å². The average molecular weight is 371 g/mol. The number of benzene rings is 3. The molecule has 0 radical (unpaired) electrons. The molecule has 6 heteroatoms. The van der Waals surface area contributed by atoms with E-state index in [4.69, 9.17) is 16.0 Å². The number of sulfone groups is 1. The van der Waals surface area contributed by atoms with E-state index in [1.165, 1.54) is 18.2 Å². The van der Waals surface area contributed by atoms with Crippen LogP contribution < -0.4 is 5.63 Å². The summed E-state index contributed by atoms with van der Waals surface area (Å²) in [5, 5.41) is 2.05. The van der Waals surface area contributed by atoms with Crippen LogP contribution in [0.1, 0.15) is 0 Å². The van der Waals surface area contributed by atoms with Gasteiger partial charge in [0.25, 0.3) is 0 Å². The van der Waals surface area contributed by atoms with Gasteiger partial charge in [-0.15, -0.1) is 0 Å². The van der Waals surface area contributed by atoms with E-state index >= 15 is 0 Å². The minimum Gasteiger partial charge on any atom is -0.422 e. The van der Waals surface area contributed by atoms with E-state index in [-0.39, 0.29) is 4.90 Å². The Morgan fingerprint density at radius 2 is 1.48 bits per heavy atom. The highest BCUT2D eigenvalue weighted by molar-refractivity contribution is 7.91. The number of rotatable bonds is 2. The Bertz CT molecular complexity index is 1290. The molecule has 0 spiro atoms. The molecule has 0 aliphatic rings. The van der Waals surface area contributed by atoms with Crippen molar-refractivity contribution in [3.8, 4) is 0 Å². The van der Waals surface area contributed by atoms with Gasteiger partial charge in [-0.05, 0) is 24.3 Å². The third kappa shape index (κ3) is 2.52. The van der Waals surface area contributed by atoms with Gasteiger partial charge in [0.15, 0.2) is 4.90 Å². The summed E-state index contributed by atoms with van der Waals surface area (Å²) in [7, 11) is -4.07. The van der Waals surface area contributed by atoms with Crippen LogP contribution in [0.2, 0.25) is 5.02 Å². The molecule has 4 rings (SSSR count). The fraction of sp³-hybridized carbons (Fsp3) is 0. The minimum absolute atomic E-state index is 0.0232. The predicted molar refractivity (Wildman–Crippen MR) is 96.9 cm³/mol. The molecule has 0 aliphatic carbocycles. The van der Waals surface area contributed by atoms with Crippen LogP contribution in [0.4, 0.5) is 0 Å². The van der Waals surface area contributed by atoms with Crippen molar-refractivity contribution in [3.63, 3.8) is 0 Å². The lowest BCUT2D eigenvalue weighted by atomic mass is 10.1. The second-order valence-corrected chi connectivity index (χ2v) is 7.82. The molecule has 0 atom stereocenters. The van der Waals surface area contributed by atoms with Crippen molar-refractivity contribution in [1.29, 1.82) is 0 Å². The van der Waals surface area contributed by atoms with Crippen LogP contribution in [0.15, 0.2) is 85.7 Å². The van der Waals surface area contributed by atoms with Crippen LogP contribution >= 0.6 is 11.6 Å². The average Bonchev–Trinajstić information content (AvgIpc) is 2.61. The highest BCUT2D eigenvalue weighted by Crippen LogP contribution is 2.32. The van der Waals surface area contributed by atoms with Crippen molar-refractivity contribution in [2.75, 3.05) is 0 Å². The van der Waals surface area contributed by atoms with Gasteiger partial charge in [-0.2, -0.15) is 0 Å². The van der Waals surface area contributed by atoms with E-state index in [2.05, 4.69) is 0 Å². The summed E-state index contributed by atoms with van der Waals surface area (Å²) in [5.74, 6) is 0. The molecule has 0 saturated heterocycles. The van der Waals surface area contributed by atoms with Crippen LogP contribution in [-0.4, -0.2) is 8.42 Å². The van der Waals surface area contributed by atoms with Gasteiger partial charge in [0, 0.05) is 21.2 Å². The Morgan fingerprint density at radius 3 is 2.28 bits per heavy atom. The molecule has 0 fully saturated rings. The summed E-state index contributed by atoms with van der Waals surface area (Å²) in [6, 6.07) is 17.9. The Morgan fingerprint density at radius 1 is 0.800 bits per heavy atom. The predicted octanol–water partition coefficient (Wildman–Crippen LogP) is 4.43. The molecular weight excluding hydrogens is 360 g/mol. The zero-order valence-corrected chi connectivity index (χ0v) is 14.3. The monoisotopic (exact) mass is 370 g/mol. The second kappa shape index (κ2) is 5.72. The number of fused-ring (bicyclic) bond motifs is 2. The van der Waals surface area contributed by atoms with E-state index in [0.717, 1.165) is 0 Å². The summed E-state index contributed by atoms with van der Waals surface area (Å²) in [5.41, 5.74) is -0.551. The van der Waals surface area contributed by atoms with Crippen LogP contribution in [0.5, 0.6) is 0 Å². The smallest absolute Gasteiger partial charge is 0.355 e. The molecule has 0 amide bonds. The van der Waals surface area contributed by atoms with Gasteiger partial charge in [0.05, 0.1) is 4.90 Å². The molecule has 25 heavy (non-hydrogen) atoms. The topological polar surface area (TPSA) is 64.3 Å². The Kier molecular flexibility index (Phi) is 3.63. The van der Waals surface area contributed by atoms with E-state index in [1.54, 1.807) is 48.5 Å². The molecule has 1 aromatic heterocycles. The Hall–Kier alpha value is -2.63. The number of hydrogen-bond acceptors (Lipinski definition) is 4. The SMILES string of the molecule is O=c1oc2ccccc2cc1S(=O)(=O)c1ccc(Cl)c2ccccc12. The van der Waals surface area contributed by atoms with Gasteiger partial charge in [-0.3, -0.25) is 0 Å². The Labute approximate surface area is 148 Å². The lowest BCUT2D eigenvalue weighted by Crippen LogP contribution is -2.14. The zero-order chi connectivity index (χ0) is 17.6. The highest BCUT2D eigenvalue weighted by Gasteiger charge is 2.25. The number of halogens is 1.